The molecule has 0 aliphatic carbocycles. The lowest BCUT2D eigenvalue weighted by Gasteiger charge is -2.15. The molecule has 0 aliphatic heterocycles. The average Bonchev–Trinajstić information content (AvgIpc) is 2.37. The Morgan fingerprint density at radius 3 is 2.65 bits per heavy atom. The van der Waals surface area contributed by atoms with Gasteiger partial charge in [-0.25, -0.2) is 17.5 Å². The van der Waals surface area contributed by atoms with E-state index in [1.54, 1.807) is 6.92 Å². The van der Waals surface area contributed by atoms with Crippen molar-refractivity contribution >= 4 is 15.7 Å². The Morgan fingerprint density at radius 2 is 2.00 bits per heavy atom. The second-order valence-electron chi connectivity index (χ2n) is 5.02. The van der Waals surface area contributed by atoms with Crippen LogP contribution in [0.4, 0.5) is 10.1 Å². The largest absolute Gasteiger partial charge is 0.395 e. The first-order valence-corrected chi connectivity index (χ1v) is 8.43. The maximum atomic E-state index is 13.3. The predicted octanol–water partition coefficient (Wildman–Crippen LogP) is 3.05. The van der Waals surface area contributed by atoms with Gasteiger partial charge in [0.05, 0.1) is 5.69 Å². The van der Waals surface area contributed by atoms with E-state index in [0.717, 1.165) is 38.2 Å². The van der Waals surface area contributed by atoms with Gasteiger partial charge in [0.2, 0.25) is 10.0 Å². The van der Waals surface area contributed by atoms with Crippen LogP contribution in [0.5, 0.6) is 0 Å². The summed E-state index contributed by atoms with van der Waals surface area (Å²) >= 11 is 0. The van der Waals surface area contributed by atoms with Gasteiger partial charge in [0.15, 0.2) is 0 Å². The summed E-state index contributed by atoms with van der Waals surface area (Å²) in [5.41, 5.74) is 5.15. The van der Waals surface area contributed by atoms with Crippen molar-refractivity contribution in [3.8, 4) is 0 Å². The number of nitrogen functional groups attached to an aromatic ring is 1. The maximum Gasteiger partial charge on any atom is 0.242 e. The summed E-state index contributed by atoms with van der Waals surface area (Å²) in [7, 11) is -3.77. The van der Waals surface area contributed by atoms with Crippen LogP contribution < -0.4 is 10.5 Å². The number of anilines is 1. The number of benzene rings is 1. The highest BCUT2D eigenvalue weighted by molar-refractivity contribution is 7.89. The fourth-order valence-electron chi connectivity index (χ4n) is 2.02. The molecule has 1 aromatic carbocycles. The summed E-state index contributed by atoms with van der Waals surface area (Å²) in [5.74, 6) is -0.719. The minimum absolute atomic E-state index is 0.195. The van der Waals surface area contributed by atoms with Gasteiger partial charge in [0.1, 0.15) is 10.7 Å². The normalized spacial score (nSPS) is 13.3. The Hall–Kier alpha value is -1.14. The standard InChI is InChI=1S/C14H23FN2O2S/c1-3-4-5-6-8-11(2)17-20(18,19)13-10-7-9-12(15)14(13)16/h7,9-11,17H,3-6,8,16H2,1-2H3. The molecule has 1 aromatic rings. The zero-order chi connectivity index (χ0) is 15.2. The second kappa shape index (κ2) is 7.59. The molecule has 0 spiro atoms. The summed E-state index contributed by atoms with van der Waals surface area (Å²) in [6.07, 6.45) is 5.10. The van der Waals surface area contributed by atoms with Crippen LogP contribution in [0, 0.1) is 5.82 Å². The molecule has 0 fully saturated rings. The molecule has 0 aliphatic rings. The molecule has 1 rings (SSSR count). The van der Waals surface area contributed by atoms with Crippen LogP contribution >= 0.6 is 0 Å². The summed E-state index contributed by atoms with van der Waals surface area (Å²) < 4.78 is 40.2. The van der Waals surface area contributed by atoms with E-state index < -0.39 is 15.8 Å². The Morgan fingerprint density at radius 1 is 1.30 bits per heavy atom. The van der Waals surface area contributed by atoms with Gasteiger partial charge in [-0.15, -0.1) is 0 Å². The molecule has 3 N–H and O–H groups in total. The number of hydrogen-bond donors (Lipinski definition) is 2. The van der Waals surface area contributed by atoms with Gasteiger partial charge < -0.3 is 5.73 Å². The van der Waals surface area contributed by atoms with Gasteiger partial charge >= 0.3 is 0 Å². The molecule has 1 atom stereocenters. The van der Waals surface area contributed by atoms with Crippen molar-refractivity contribution in [3.05, 3.63) is 24.0 Å². The van der Waals surface area contributed by atoms with E-state index in [9.17, 15) is 12.8 Å². The topological polar surface area (TPSA) is 72.2 Å². The molecule has 1 unspecified atom stereocenters. The Bertz CT molecular complexity index is 532. The lowest BCUT2D eigenvalue weighted by Crippen LogP contribution is -2.33. The van der Waals surface area contributed by atoms with Gasteiger partial charge in [-0.3, -0.25) is 0 Å². The quantitative estimate of drug-likeness (QED) is 0.572. The first-order chi connectivity index (χ1) is 9.38. The monoisotopic (exact) mass is 302 g/mol. The van der Waals surface area contributed by atoms with Gasteiger partial charge in [0.25, 0.3) is 0 Å². The van der Waals surface area contributed by atoms with E-state index in [1.807, 2.05) is 0 Å². The molecule has 0 bridgehead atoms. The van der Waals surface area contributed by atoms with Crippen LogP contribution in [-0.2, 0) is 10.0 Å². The van der Waals surface area contributed by atoms with Crippen LogP contribution in [-0.4, -0.2) is 14.5 Å². The van der Waals surface area contributed by atoms with E-state index in [4.69, 9.17) is 5.73 Å². The summed E-state index contributed by atoms with van der Waals surface area (Å²) in [4.78, 5) is -0.196. The Balaban J connectivity index is 2.67. The number of nitrogens with two attached hydrogens (primary N) is 1. The Labute approximate surface area is 120 Å². The number of para-hydroxylation sites is 1. The molecular formula is C14H23FN2O2S. The van der Waals surface area contributed by atoms with Gasteiger partial charge in [-0.1, -0.05) is 38.7 Å². The summed E-state index contributed by atoms with van der Waals surface area (Å²) in [6.45, 7) is 3.93. The highest BCUT2D eigenvalue weighted by atomic mass is 32.2. The van der Waals surface area contributed by atoms with E-state index in [1.165, 1.54) is 12.1 Å². The van der Waals surface area contributed by atoms with E-state index in [-0.39, 0.29) is 16.6 Å². The van der Waals surface area contributed by atoms with Crippen LogP contribution in [0.2, 0.25) is 0 Å². The van der Waals surface area contributed by atoms with Crippen molar-refractivity contribution in [2.24, 2.45) is 0 Å². The smallest absolute Gasteiger partial charge is 0.242 e. The molecular weight excluding hydrogens is 279 g/mol. The van der Waals surface area contributed by atoms with Crippen molar-refractivity contribution in [2.45, 2.75) is 56.9 Å². The minimum atomic E-state index is -3.77. The fraction of sp³-hybridized carbons (Fsp3) is 0.571. The lowest BCUT2D eigenvalue weighted by atomic mass is 10.1. The van der Waals surface area contributed by atoms with Crippen LogP contribution in [0.1, 0.15) is 46.0 Å². The number of halogens is 1. The zero-order valence-corrected chi connectivity index (χ0v) is 12.8. The van der Waals surface area contributed by atoms with Crippen molar-refractivity contribution in [1.29, 1.82) is 0 Å². The number of sulfonamides is 1. The fourth-order valence-corrected chi connectivity index (χ4v) is 3.44. The molecule has 4 nitrogen and oxygen atoms in total. The highest BCUT2D eigenvalue weighted by Gasteiger charge is 2.21. The molecule has 0 amide bonds. The maximum absolute atomic E-state index is 13.3. The molecule has 0 aromatic heterocycles. The molecule has 114 valence electrons. The van der Waals surface area contributed by atoms with Crippen molar-refractivity contribution in [1.82, 2.24) is 4.72 Å². The average molecular weight is 302 g/mol. The number of nitrogens with one attached hydrogen (secondary N) is 1. The van der Waals surface area contributed by atoms with Crippen molar-refractivity contribution in [3.63, 3.8) is 0 Å². The first-order valence-electron chi connectivity index (χ1n) is 6.94. The third kappa shape index (κ3) is 4.76. The zero-order valence-electron chi connectivity index (χ0n) is 12.0. The number of hydrogen-bond acceptors (Lipinski definition) is 3. The van der Waals surface area contributed by atoms with Crippen molar-refractivity contribution in [2.75, 3.05) is 5.73 Å². The third-order valence-electron chi connectivity index (χ3n) is 3.15. The van der Waals surface area contributed by atoms with Crippen molar-refractivity contribution < 1.29 is 12.8 Å². The van der Waals surface area contributed by atoms with E-state index in [2.05, 4.69) is 11.6 Å². The molecule has 20 heavy (non-hydrogen) atoms. The van der Waals surface area contributed by atoms with Crippen LogP contribution in [0.15, 0.2) is 23.1 Å². The molecule has 6 heteroatoms. The first kappa shape index (κ1) is 16.9. The van der Waals surface area contributed by atoms with E-state index >= 15 is 0 Å². The van der Waals surface area contributed by atoms with E-state index in [0.29, 0.717) is 0 Å². The van der Waals surface area contributed by atoms with Crippen LogP contribution in [0.3, 0.4) is 0 Å². The SMILES string of the molecule is CCCCCCC(C)NS(=O)(=O)c1cccc(F)c1N. The highest BCUT2D eigenvalue weighted by Crippen LogP contribution is 2.21. The van der Waals surface area contributed by atoms with Gasteiger partial charge in [0, 0.05) is 6.04 Å². The Kier molecular flexibility index (Phi) is 6.42. The molecule has 0 saturated heterocycles. The number of unbranched alkanes of at least 4 members (excludes halogenated alkanes) is 3. The molecule has 0 radical (unpaired) electrons. The predicted molar refractivity (Wildman–Crippen MR) is 79.4 cm³/mol. The minimum Gasteiger partial charge on any atom is -0.395 e. The molecule has 0 heterocycles. The summed E-state index contributed by atoms with van der Waals surface area (Å²) in [5, 5.41) is 0. The third-order valence-corrected chi connectivity index (χ3v) is 4.80. The second-order valence-corrected chi connectivity index (χ2v) is 6.71. The summed E-state index contributed by atoms with van der Waals surface area (Å²) in [6, 6.07) is 3.60. The molecule has 0 saturated carbocycles. The number of rotatable bonds is 8. The van der Waals surface area contributed by atoms with Gasteiger partial charge in [-0.2, -0.15) is 0 Å². The van der Waals surface area contributed by atoms with Gasteiger partial charge in [-0.05, 0) is 25.5 Å². The van der Waals surface area contributed by atoms with Crippen LogP contribution in [0.25, 0.3) is 0 Å². The lowest BCUT2D eigenvalue weighted by molar-refractivity contribution is 0.521.